The molecule has 2 saturated heterocycles. The van der Waals surface area contributed by atoms with Crippen LogP contribution >= 0.6 is 0 Å². The zero-order chi connectivity index (χ0) is 32.0. The molecule has 16 atom stereocenters. The summed E-state index contributed by atoms with van der Waals surface area (Å²) >= 11 is 0. The van der Waals surface area contributed by atoms with Crippen molar-refractivity contribution in [2.24, 2.45) is 44.8 Å². The van der Waals surface area contributed by atoms with Gasteiger partial charge in [0.1, 0.15) is 18.3 Å². The Morgan fingerprint density at radius 1 is 0.750 bits per heavy atom. The summed E-state index contributed by atoms with van der Waals surface area (Å²) in [6.07, 6.45) is 1.57. The number of aliphatic hydroxyl groups excluding tert-OH is 5. The van der Waals surface area contributed by atoms with Crippen LogP contribution in [0.25, 0.3) is 0 Å². The van der Waals surface area contributed by atoms with E-state index < -0.39 is 53.4 Å². The van der Waals surface area contributed by atoms with Gasteiger partial charge < -0.3 is 44.8 Å². The standard InChI is InChI=1S/C35H58O9/c1-29(2)22(43-28-25(40)24(39)20(38)16-42-28)9-11-35-17-34(35)13-12-31(5)27(33(7)10-8-23(44-33)30(3,4)41)19(37)15-32(31,6)21(34)14-18(36)26(29)35/h18-28,36-41H,8-17H2,1-7H3/t18-,19-,20+,21-,22-,23+,24-,25+,26-,27-,28-,31+,32-,33-,34-,35+/m0/s1. The van der Waals surface area contributed by atoms with Gasteiger partial charge in [-0.2, -0.15) is 0 Å². The highest BCUT2D eigenvalue weighted by molar-refractivity contribution is 5.33. The second-order valence-electron chi connectivity index (χ2n) is 18.3. The average molecular weight is 623 g/mol. The Hall–Kier alpha value is -0.360. The molecule has 0 unspecified atom stereocenters. The second kappa shape index (κ2) is 9.63. The molecule has 9 nitrogen and oxygen atoms in total. The summed E-state index contributed by atoms with van der Waals surface area (Å²) in [6.45, 7) is 14.8. The van der Waals surface area contributed by atoms with Gasteiger partial charge in [0.2, 0.25) is 0 Å². The lowest BCUT2D eigenvalue weighted by molar-refractivity contribution is -0.306. The molecule has 5 saturated carbocycles. The van der Waals surface area contributed by atoms with Crippen LogP contribution in [-0.2, 0) is 14.2 Å². The molecule has 0 bridgehead atoms. The maximum Gasteiger partial charge on any atom is 0.186 e. The summed E-state index contributed by atoms with van der Waals surface area (Å²) < 4.78 is 18.7. The lowest BCUT2D eigenvalue weighted by atomic mass is 9.41. The highest BCUT2D eigenvalue weighted by Gasteiger charge is 2.85. The first-order chi connectivity index (χ1) is 20.3. The number of ether oxygens (including phenoxy) is 3. The predicted octanol–water partition coefficient (Wildman–Crippen LogP) is 2.90. The molecule has 2 heterocycles. The molecule has 0 aromatic heterocycles. The quantitative estimate of drug-likeness (QED) is 0.260. The summed E-state index contributed by atoms with van der Waals surface area (Å²) in [6, 6.07) is 0. The van der Waals surface area contributed by atoms with Crippen LogP contribution in [0.2, 0.25) is 0 Å². The van der Waals surface area contributed by atoms with E-state index in [4.69, 9.17) is 14.2 Å². The normalized spacial score (nSPS) is 59.8. The molecule has 2 spiro atoms. The van der Waals surface area contributed by atoms with Crippen molar-refractivity contribution in [1.29, 1.82) is 0 Å². The van der Waals surface area contributed by atoms with Gasteiger partial charge in [-0.3, -0.25) is 0 Å². The Kier molecular flexibility index (Phi) is 7.04. The van der Waals surface area contributed by atoms with Gasteiger partial charge in [0.05, 0.1) is 42.2 Å². The van der Waals surface area contributed by atoms with Crippen molar-refractivity contribution in [3.8, 4) is 0 Å². The Balaban J connectivity index is 1.15. The Morgan fingerprint density at radius 2 is 1.45 bits per heavy atom. The van der Waals surface area contributed by atoms with Crippen LogP contribution in [0, 0.1) is 44.8 Å². The lowest BCUT2D eigenvalue weighted by Crippen LogP contribution is -2.63. The fourth-order valence-corrected chi connectivity index (χ4v) is 13.4. The van der Waals surface area contributed by atoms with E-state index >= 15 is 0 Å². The number of fused-ring (bicyclic) bond motifs is 2. The van der Waals surface area contributed by atoms with Gasteiger partial charge in [-0.15, -0.1) is 0 Å². The second-order valence-corrected chi connectivity index (χ2v) is 18.3. The predicted molar refractivity (Wildman–Crippen MR) is 161 cm³/mol. The van der Waals surface area contributed by atoms with Gasteiger partial charge in [0.15, 0.2) is 6.29 Å². The van der Waals surface area contributed by atoms with Crippen LogP contribution in [0.1, 0.15) is 106 Å². The molecule has 7 aliphatic rings. The molecule has 0 amide bonds. The first kappa shape index (κ1) is 32.2. The lowest BCUT2D eigenvalue weighted by Gasteiger charge is -2.64. The third-order valence-electron chi connectivity index (χ3n) is 15.5. The Morgan fingerprint density at radius 3 is 2.11 bits per heavy atom. The molecule has 7 fully saturated rings. The topological polar surface area (TPSA) is 149 Å². The third kappa shape index (κ3) is 3.97. The number of rotatable bonds is 4. The van der Waals surface area contributed by atoms with Gasteiger partial charge in [0, 0.05) is 5.92 Å². The molecule has 9 heteroatoms. The first-order valence-corrected chi connectivity index (χ1v) is 17.4. The van der Waals surface area contributed by atoms with Gasteiger partial charge in [-0.05, 0) is 117 Å². The number of hydrogen-bond acceptors (Lipinski definition) is 9. The van der Waals surface area contributed by atoms with Gasteiger partial charge in [0.25, 0.3) is 0 Å². The van der Waals surface area contributed by atoms with Crippen molar-refractivity contribution in [3.05, 3.63) is 0 Å². The number of hydrogen-bond donors (Lipinski definition) is 6. The summed E-state index contributed by atoms with van der Waals surface area (Å²) in [4.78, 5) is 0. The van der Waals surface area contributed by atoms with Crippen LogP contribution in [0.5, 0.6) is 0 Å². The average Bonchev–Trinajstić information content (AvgIpc) is 3.27. The highest BCUT2D eigenvalue weighted by Crippen LogP contribution is 2.89. The Bertz CT molecular complexity index is 1160. The molecule has 44 heavy (non-hydrogen) atoms. The monoisotopic (exact) mass is 622 g/mol. The first-order valence-electron chi connectivity index (χ1n) is 17.4. The van der Waals surface area contributed by atoms with Crippen LogP contribution < -0.4 is 0 Å². The van der Waals surface area contributed by atoms with Gasteiger partial charge in [-0.25, -0.2) is 0 Å². The molecule has 0 radical (unpaired) electrons. The fourth-order valence-electron chi connectivity index (χ4n) is 13.4. The zero-order valence-electron chi connectivity index (χ0n) is 27.8. The van der Waals surface area contributed by atoms with E-state index in [1.54, 1.807) is 0 Å². The van der Waals surface area contributed by atoms with E-state index in [-0.39, 0.29) is 52.3 Å². The van der Waals surface area contributed by atoms with Crippen LogP contribution in [0.4, 0.5) is 0 Å². The van der Waals surface area contributed by atoms with E-state index in [0.717, 1.165) is 44.9 Å². The van der Waals surface area contributed by atoms with Crippen LogP contribution in [-0.4, -0.2) is 97.5 Å². The van der Waals surface area contributed by atoms with Crippen molar-refractivity contribution in [2.45, 2.75) is 166 Å². The smallest absolute Gasteiger partial charge is 0.186 e. The Labute approximate surface area is 262 Å². The summed E-state index contributed by atoms with van der Waals surface area (Å²) in [5.74, 6) is 0.285. The number of aliphatic hydroxyl groups is 6. The minimum Gasteiger partial charge on any atom is -0.393 e. The maximum atomic E-state index is 12.1. The molecule has 2 aliphatic heterocycles. The van der Waals surface area contributed by atoms with Crippen LogP contribution in [0.15, 0.2) is 0 Å². The minimum absolute atomic E-state index is 0.00753. The molecule has 0 aromatic carbocycles. The maximum absolute atomic E-state index is 12.1. The van der Waals surface area contributed by atoms with Crippen molar-refractivity contribution >= 4 is 0 Å². The largest absolute Gasteiger partial charge is 0.393 e. The van der Waals surface area contributed by atoms with Gasteiger partial charge in [-0.1, -0.05) is 27.7 Å². The van der Waals surface area contributed by atoms with Crippen molar-refractivity contribution in [2.75, 3.05) is 6.61 Å². The van der Waals surface area contributed by atoms with E-state index in [0.29, 0.717) is 18.8 Å². The fraction of sp³-hybridized carbons (Fsp3) is 1.00. The molecule has 252 valence electrons. The molecular weight excluding hydrogens is 564 g/mol. The highest BCUT2D eigenvalue weighted by atomic mass is 16.7. The van der Waals surface area contributed by atoms with E-state index in [2.05, 4.69) is 34.6 Å². The summed E-state index contributed by atoms with van der Waals surface area (Å²) in [7, 11) is 0. The van der Waals surface area contributed by atoms with Crippen molar-refractivity contribution < 1.29 is 44.8 Å². The SMILES string of the molecule is CC(C)(O)[C@H]1CC[C@@](C)([C@H]2[C@@H](O)C[C@@]3(C)[C@@H]4C[C@H](O)[C@H]5C(C)(C)[C@@H](O[C@@H]6OC[C@@H](O)[C@H](O)[C@H]6O)CC[C@@]56C[C@@]46CC[C@]23C)O1. The third-order valence-corrected chi connectivity index (χ3v) is 15.5. The van der Waals surface area contributed by atoms with Crippen LogP contribution in [0.3, 0.4) is 0 Å². The molecule has 6 N–H and O–H groups in total. The zero-order valence-corrected chi connectivity index (χ0v) is 27.8. The van der Waals surface area contributed by atoms with E-state index in [1.165, 1.54) is 0 Å². The molecule has 7 rings (SSSR count). The molecule has 5 aliphatic carbocycles. The molecule has 0 aromatic rings. The van der Waals surface area contributed by atoms with Crippen molar-refractivity contribution in [1.82, 2.24) is 0 Å². The summed E-state index contributed by atoms with van der Waals surface area (Å²) in [5, 5.41) is 65.5. The minimum atomic E-state index is -1.33. The molecular formula is C35H58O9. The van der Waals surface area contributed by atoms with Gasteiger partial charge >= 0.3 is 0 Å². The van der Waals surface area contributed by atoms with E-state index in [1.807, 2.05) is 13.8 Å². The summed E-state index contributed by atoms with van der Waals surface area (Å²) in [5.41, 5.74) is -2.01. The van der Waals surface area contributed by atoms with E-state index in [9.17, 15) is 30.6 Å². The van der Waals surface area contributed by atoms with Crippen molar-refractivity contribution in [3.63, 3.8) is 0 Å².